The van der Waals surface area contributed by atoms with Gasteiger partial charge in [0.25, 0.3) is 0 Å². The first-order chi connectivity index (χ1) is 7.84. The van der Waals surface area contributed by atoms with Gasteiger partial charge >= 0.3 is 0 Å². The summed E-state index contributed by atoms with van der Waals surface area (Å²) < 4.78 is 16.4. The molecule has 0 bridgehead atoms. The molecule has 3 heteroatoms. The maximum atomic E-state index is 5.91. The van der Waals surface area contributed by atoms with Gasteiger partial charge in [-0.25, -0.2) is 0 Å². The van der Waals surface area contributed by atoms with Gasteiger partial charge in [0.15, 0.2) is 0 Å². The van der Waals surface area contributed by atoms with Crippen LogP contribution in [-0.2, 0) is 14.2 Å². The Morgan fingerprint density at radius 1 is 1.31 bits per heavy atom. The van der Waals surface area contributed by atoms with Gasteiger partial charge in [0.05, 0.1) is 19.8 Å². The van der Waals surface area contributed by atoms with Gasteiger partial charge in [-0.1, -0.05) is 24.3 Å². The second-order valence-electron chi connectivity index (χ2n) is 4.44. The molecule has 0 radical (unpaired) electrons. The second-order valence-corrected chi connectivity index (χ2v) is 4.44. The van der Waals surface area contributed by atoms with Gasteiger partial charge in [0, 0.05) is 0 Å². The molecule has 2 saturated heterocycles. The summed E-state index contributed by atoms with van der Waals surface area (Å²) in [6.07, 6.45) is 0.621. The lowest BCUT2D eigenvalue weighted by atomic mass is 10.0. The van der Waals surface area contributed by atoms with Crippen LogP contribution in [0, 0.1) is 6.92 Å². The van der Waals surface area contributed by atoms with E-state index in [1.807, 2.05) is 6.07 Å². The molecule has 0 aliphatic carbocycles. The van der Waals surface area contributed by atoms with Crippen molar-refractivity contribution in [1.82, 2.24) is 0 Å². The normalized spacial score (nSPS) is 28.8. The number of epoxide rings is 2. The third kappa shape index (κ3) is 2.26. The minimum absolute atomic E-state index is 0.0744. The second kappa shape index (κ2) is 4.17. The van der Waals surface area contributed by atoms with E-state index in [1.54, 1.807) is 0 Å². The third-order valence-electron chi connectivity index (χ3n) is 3.06. The van der Waals surface area contributed by atoms with Crippen LogP contribution < -0.4 is 0 Å². The van der Waals surface area contributed by atoms with Crippen molar-refractivity contribution in [3.8, 4) is 0 Å². The van der Waals surface area contributed by atoms with Crippen molar-refractivity contribution in [3.63, 3.8) is 0 Å². The van der Waals surface area contributed by atoms with E-state index in [2.05, 4.69) is 25.1 Å². The van der Waals surface area contributed by atoms with Crippen LogP contribution in [0.4, 0.5) is 0 Å². The molecule has 3 atom stereocenters. The zero-order valence-electron chi connectivity index (χ0n) is 9.39. The summed E-state index contributed by atoms with van der Waals surface area (Å²) in [5.74, 6) is 0. The summed E-state index contributed by atoms with van der Waals surface area (Å²) in [6.45, 7) is 4.44. The van der Waals surface area contributed by atoms with Gasteiger partial charge in [-0.05, 0) is 18.1 Å². The van der Waals surface area contributed by atoms with Crippen molar-refractivity contribution in [2.75, 3.05) is 19.8 Å². The van der Waals surface area contributed by atoms with Crippen molar-refractivity contribution in [2.24, 2.45) is 0 Å². The standard InChI is InChI=1S/C13H16O3/c1-9-4-2-3-5-11(9)13(12-8-15-12)16-7-10-6-14-10/h2-5,10,12-13H,6-8H2,1H3. The summed E-state index contributed by atoms with van der Waals surface area (Å²) in [5.41, 5.74) is 2.50. The molecule has 2 heterocycles. The van der Waals surface area contributed by atoms with Crippen LogP contribution in [0.5, 0.6) is 0 Å². The Hall–Kier alpha value is -0.900. The highest BCUT2D eigenvalue weighted by molar-refractivity contribution is 5.29. The van der Waals surface area contributed by atoms with Crippen molar-refractivity contribution in [2.45, 2.75) is 25.2 Å². The van der Waals surface area contributed by atoms with Gasteiger partial charge in [0.2, 0.25) is 0 Å². The van der Waals surface area contributed by atoms with Crippen LogP contribution in [0.15, 0.2) is 24.3 Å². The Labute approximate surface area is 95.3 Å². The van der Waals surface area contributed by atoms with Gasteiger partial charge < -0.3 is 14.2 Å². The van der Waals surface area contributed by atoms with E-state index in [0.717, 1.165) is 13.2 Å². The molecule has 2 fully saturated rings. The highest BCUT2D eigenvalue weighted by Gasteiger charge is 2.37. The average molecular weight is 220 g/mol. The Morgan fingerprint density at radius 3 is 2.69 bits per heavy atom. The van der Waals surface area contributed by atoms with E-state index < -0.39 is 0 Å². The zero-order valence-corrected chi connectivity index (χ0v) is 9.39. The number of aryl methyl sites for hydroxylation is 1. The van der Waals surface area contributed by atoms with Crippen LogP contribution in [0.2, 0.25) is 0 Å². The Bertz CT molecular complexity index is 369. The molecule has 0 N–H and O–H groups in total. The lowest BCUT2D eigenvalue weighted by Crippen LogP contribution is -2.15. The van der Waals surface area contributed by atoms with Gasteiger partial charge in [-0.3, -0.25) is 0 Å². The lowest BCUT2D eigenvalue weighted by Gasteiger charge is -2.17. The molecule has 0 spiro atoms. The molecule has 3 unspecified atom stereocenters. The highest BCUT2D eigenvalue weighted by Crippen LogP contribution is 2.33. The molecular weight excluding hydrogens is 204 g/mol. The number of hydrogen-bond donors (Lipinski definition) is 0. The summed E-state index contributed by atoms with van der Waals surface area (Å²) in [5, 5.41) is 0. The number of rotatable bonds is 5. The fourth-order valence-corrected chi connectivity index (χ4v) is 1.91. The van der Waals surface area contributed by atoms with Crippen molar-refractivity contribution < 1.29 is 14.2 Å². The van der Waals surface area contributed by atoms with Crippen LogP contribution in [0.1, 0.15) is 17.2 Å². The molecule has 1 aromatic rings. The van der Waals surface area contributed by atoms with Crippen LogP contribution in [0.3, 0.4) is 0 Å². The van der Waals surface area contributed by atoms with E-state index in [-0.39, 0.29) is 12.2 Å². The first-order valence-corrected chi connectivity index (χ1v) is 5.75. The fourth-order valence-electron chi connectivity index (χ4n) is 1.91. The number of ether oxygens (including phenoxy) is 3. The molecule has 86 valence electrons. The van der Waals surface area contributed by atoms with Gasteiger partial charge in [-0.2, -0.15) is 0 Å². The molecule has 2 aliphatic rings. The zero-order chi connectivity index (χ0) is 11.0. The Balaban J connectivity index is 1.73. The first-order valence-electron chi connectivity index (χ1n) is 5.75. The number of benzene rings is 1. The quantitative estimate of drug-likeness (QED) is 0.710. The van der Waals surface area contributed by atoms with Crippen LogP contribution >= 0.6 is 0 Å². The molecule has 0 aromatic heterocycles. The van der Waals surface area contributed by atoms with E-state index in [0.29, 0.717) is 12.7 Å². The third-order valence-corrected chi connectivity index (χ3v) is 3.06. The predicted octanol–water partition coefficient (Wildman–Crippen LogP) is 1.85. The summed E-state index contributed by atoms with van der Waals surface area (Å²) in [7, 11) is 0. The predicted molar refractivity (Wildman–Crippen MR) is 59.4 cm³/mol. The molecule has 16 heavy (non-hydrogen) atoms. The minimum Gasteiger partial charge on any atom is -0.371 e. The lowest BCUT2D eigenvalue weighted by molar-refractivity contribution is 0.0229. The Kier molecular flexibility index (Phi) is 2.67. The fraction of sp³-hybridized carbons (Fsp3) is 0.538. The van der Waals surface area contributed by atoms with Crippen molar-refractivity contribution in [3.05, 3.63) is 35.4 Å². The van der Waals surface area contributed by atoms with Crippen LogP contribution in [-0.4, -0.2) is 32.0 Å². The first kappa shape index (κ1) is 10.3. The van der Waals surface area contributed by atoms with Crippen molar-refractivity contribution >= 4 is 0 Å². The summed E-state index contributed by atoms with van der Waals surface area (Å²) in [6, 6.07) is 8.33. The molecule has 1 aromatic carbocycles. The van der Waals surface area contributed by atoms with Crippen LogP contribution in [0.25, 0.3) is 0 Å². The average Bonchev–Trinajstić information content (AvgIpc) is 3.15. The molecule has 3 rings (SSSR count). The minimum atomic E-state index is 0.0744. The molecule has 2 aliphatic heterocycles. The molecule has 0 saturated carbocycles. The van der Waals surface area contributed by atoms with Crippen molar-refractivity contribution in [1.29, 1.82) is 0 Å². The van der Waals surface area contributed by atoms with E-state index in [4.69, 9.17) is 14.2 Å². The molecule has 3 nitrogen and oxygen atoms in total. The largest absolute Gasteiger partial charge is 0.371 e. The highest BCUT2D eigenvalue weighted by atomic mass is 16.6. The van der Waals surface area contributed by atoms with E-state index >= 15 is 0 Å². The SMILES string of the molecule is Cc1ccccc1C(OCC1CO1)C1CO1. The maximum Gasteiger partial charge on any atom is 0.111 e. The summed E-state index contributed by atoms with van der Waals surface area (Å²) in [4.78, 5) is 0. The van der Waals surface area contributed by atoms with Gasteiger partial charge in [-0.15, -0.1) is 0 Å². The van der Waals surface area contributed by atoms with Gasteiger partial charge in [0.1, 0.15) is 18.3 Å². The smallest absolute Gasteiger partial charge is 0.111 e. The maximum absolute atomic E-state index is 5.91. The molecule has 0 amide bonds. The topological polar surface area (TPSA) is 34.3 Å². The molecular formula is C13H16O3. The number of hydrogen-bond acceptors (Lipinski definition) is 3. The summed E-state index contributed by atoms with van der Waals surface area (Å²) >= 11 is 0. The van der Waals surface area contributed by atoms with E-state index in [1.165, 1.54) is 11.1 Å². The van der Waals surface area contributed by atoms with E-state index in [9.17, 15) is 0 Å². The Morgan fingerprint density at radius 2 is 2.06 bits per heavy atom. The monoisotopic (exact) mass is 220 g/mol.